The first-order valence-corrected chi connectivity index (χ1v) is 7.55. The van der Waals surface area contributed by atoms with Gasteiger partial charge in [-0.05, 0) is 25.1 Å². The van der Waals surface area contributed by atoms with E-state index in [4.69, 9.17) is 10.5 Å². The van der Waals surface area contributed by atoms with Gasteiger partial charge in [-0.15, -0.1) is 0 Å². The number of aromatic amines is 1. The molecule has 0 saturated heterocycles. The summed E-state index contributed by atoms with van der Waals surface area (Å²) < 4.78 is 6.80. The van der Waals surface area contributed by atoms with Crippen LogP contribution in [0.3, 0.4) is 0 Å². The minimum atomic E-state index is -0.370. The van der Waals surface area contributed by atoms with Gasteiger partial charge in [0.1, 0.15) is 0 Å². The molecule has 8 nitrogen and oxygen atoms in total. The van der Waals surface area contributed by atoms with E-state index in [9.17, 15) is 9.59 Å². The number of nitrogens with zero attached hydrogens (tertiary/aromatic N) is 3. The van der Waals surface area contributed by atoms with Crippen LogP contribution in [0.4, 0.5) is 5.95 Å². The summed E-state index contributed by atoms with van der Waals surface area (Å²) >= 11 is 0. The Morgan fingerprint density at radius 3 is 2.96 bits per heavy atom. The molecule has 2 heterocycles. The molecular weight excluding hydrogens is 310 g/mol. The van der Waals surface area contributed by atoms with Crippen molar-refractivity contribution in [1.29, 1.82) is 0 Å². The summed E-state index contributed by atoms with van der Waals surface area (Å²) in [6, 6.07) is 6.72. The number of hydrogen-bond donors (Lipinski definition) is 2. The average molecular weight is 327 g/mol. The van der Waals surface area contributed by atoms with Gasteiger partial charge in [-0.1, -0.05) is 0 Å². The van der Waals surface area contributed by atoms with Crippen molar-refractivity contribution in [1.82, 2.24) is 19.7 Å². The summed E-state index contributed by atoms with van der Waals surface area (Å²) in [7, 11) is 0. The van der Waals surface area contributed by atoms with Crippen molar-refractivity contribution in [2.45, 2.75) is 19.9 Å². The van der Waals surface area contributed by atoms with Crippen molar-refractivity contribution >= 4 is 22.8 Å². The van der Waals surface area contributed by atoms with E-state index in [1.54, 1.807) is 29.9 Å². The second kappa shape index (κ2) is 6.53. The number of nitrogens with one attached hydrogen (secondary N) is 1. The van der Waals surface area contributed by atoms with Crippen LogP contribution < -0.4 is 11.3 Å². The molecule has 2 aromatic heterocycles. The van der Waals surface area contributed by atoms with Crippen LogP contribution in [0, 0.1) is 0 Å². The normalized spacial score (nSPS) is 10.9. The Balaban J connectivity index is 1.80. The molecule has 0 spiro atoms. The predicted octanol–water partition coefficient (Wildman–Crippen LogP) is 1.12. The Morgan fingerprint density at radius 2 is 2.21 bits per heavy atom. The number of carbonyl (C=O) groups is 1. The highest BCUT2D eigenvalue weighted by molar-refractivity contribution is 5.94. The fourth-order valence-corrected chi connectivity index (χ4v) is 2.50. The fourth-order valence-electron chi connectivity index (χ4n) is 2.50. The SMILES string of the molecule is CCOC(=O)c1ccc2c(cnn2CCc2cc(=O)nc(N)[nH]2)c1. The van der Waals surface area contributed by atoms with Gasteiger partial charge in [-0.25, -0.2) is 4.79 Å². The maximum absolute atomic E-state index is 11.8. The number of esters is 1. The topological polar surface area (TPSA) is 116 Å². The van der Waals surface area contributed by atoms with Crippen LogP contribution in [0.1, 0.15) is 23.0 Å². The molecule has 3 aromatic rings. The molecule has 3 N–H and O–H groups in total. The summed E-state index contributed by atoms with van der Waals surface area (Å²) in [5, 5.41) is 5.18. The molecule has 0 atom stereocenters. The highest BCUT2D eigenvalue weighted by Crippen LogP contribution is 2.17. The van der Waals surface area contributed by atoms with Crippen molar-refractivity contribution in [3.63, 3.8) is 0 Å². The second-order valence-corrected chi connectivity index (χ2v) is 5.24. The molecule has 0 aliphatic rings. The van der Waals surface area contributed by atoms with Gasteiger partial charge in [0.25, 0.3) is 5.56 Å². The molecular formula is C16H17N5O3. The van der Waals surface area contributed by atoms with Gasteiger partial charge in [0.15, 0.2) is 0 Å². The largest absolute Gasteiger partial charge is 0.462 e. The molecule has 0 saturated carbocycles. The van der Waals surface area contributed by atoms with Gasteiger partial charge < -0.3 is 15.5 Å². The average Bonchev–Trinajstić information content (AvgIpc) is 2.94. The monoisotopic (exact) mass is 327 g/mol. The van der Waals surface area contributed by atoms with E-state index >= 15 is 0 Å². The molecule has 8 heteroatoms. The summed E-state index contributed by atoms with van der Waals surface area (Å²) in [6.45, 7) is 2.66. The number of H-pyrrole nitrogens is 1. The van der Waals surface area contributed by atoms with Crippen LogP contribution in [0.15, 0.2) is 35.3 Å². The maximum Gasteiger partial charge on any atom is 0.338 e. The number of hydrogen-bond acceptors (Lipinski definition) is 6. The molecule has 3 rings (SSSR count). The van der Waals surface area contributed by atoms with E-state index in [0.717, 1.165) is 10.9 Å². The number of benzene rings is 1. The molecule has 24 heavy (non-hydrogen) atoms. The van der Waals surface area contributed by atoms with Crippen molar-refractivity contribution in [2.75, 3.05) is 12.3 Å². The van der Waals surface area contributed by atoms with Crippen LogP contribution in [0.5, 0.6) is 0 Å². The molecule has 0 aliphatic carbocycles. The predicted molar refractivity (Wildman–Crippen MR) is 88.7 cm³/mol. The number of fused-ring (bicyclic) bond motifs is 1. The number of aryl methyl sites for hydroxylation is 2. The third-order valence-electron chi connectivity index (χ3n) is 3.56. The molecule has 0 unspecified atom stereocenters. The quantitative estimate of drug-likeness (QED) is 0.678. The van der Waals surface area contributed by atoms with Gasteiger partial charge >= 0.3 is 5.97 Å². The fraction of sp³-hybridized carbons (Fsp3) is 0.250. The Labute approximate surface area is 137 Å². The van der Waals surface area contributed by atoms with E-state index in [0.29, 0.717) is 30.8 Å². The molecule has 0 aliphatic heterocycles. The van der Waals surface area contributed by atoms with Crippen LogP contribution in [-0.4, -0.2) is 32.3 Å². The Morgan fingerprint density at radius 1 is 1.38 bits per heavy atom. The maximum atomic E-state index is 11.8. The minimum absolute atomic E-state index is 0.0990. The van der Waals surface area contributed by atoms with Crippen LogP contribution in [0.2, 0.25) is 0 Å². The third-order valence-corrected chi connectivity index (χ3v) is 3.56. The summed E-state index contributed by atoms with van der Waals surface area (Å²) in [5.74, 6) is -0.251. The first-order valence-electron chi connectivity index (χ1n) is 7.55. The van der Waals surface area contributed by atoms with Crippen LogP contribution in [-0.2, 0) is 17.7 Å². The number of carbonyl (C=O) groups excluding carboxylic acids is 1. The Hall–Kier alpha value is -3.16. The molecule has 0 fully saturated rings. The molecule has 0 radical (unpaired) electrons. The number of ether oxygens (including phenoxy) is 1. The summed E-state index contributed by atoms with van der Waals surface area (Å²) in [6.07, 6.45) is 2.25. The number of rotatable bonds is 5. The number of nitrogens with two attached hydrogens (primary N) is 1. The van der Waals surface area contributed by atoms with Crippen molar-refractivity contribution in [3.05, 3.63) is 52.1 Å². The molecule has 0 amide bonds. The van der Waals surface area contributed by atoms with Crippen molar-refractivity contribution < 1.29 is 9.53 Å². The Bertz CT molecular complexity index is 944. The number of aromatic nitrogens is 4. The summed E-state index contributed by atoms with van der Waals surface area (Å²) in [5.41, 5.74) is 7.25. The van der Waals surface area contributed by atoms with Gasteiger partial charge in [0, 0.05) is 30.1 Å². The number of nitrogen functional groups attached to an aromatic ring is 1. The van der Waals surface area contributed by atoms with Gasteiger partial charge in [-0.3, -0.25) is 9.48 Å². The first-order chi connectivity index (χ1) is 11.6. The molecule has 1 aromatic carbocycles. The highest BCUT2D eigenvalue weighted by Gasteiger charge is 2.10. The van der Waals surface area contributed by atoms with Crippen LogP contribution in [0.25, 0.3) is 10.9 Å². The van der Waals surface area contributed by atoms with Crippen molar-refractivity contribution in [2.24, 2.45) is 0 Å². The van der Waals surface area contributed by atoms with Crippen molar-refractivity contribution in [3.8, 4) is 0 Å². The zero-order valence-electron chi connectivity index (χ0n) is 13.2. The second-order valence-electron chi connectivity index (χ2n) is 5.24. The lowest BCUT2D eigenvalue weighted by molar-refractivity contribution is 0.0526. The van der Waals surface area contributed by atoms with E-state index < -0.39 is 0 Å². The Kier molecular flexibility index (Phi) is 4.28. The first kappa shape index (κ1) is 15.7. The van der Waals surface area contributed by atoms with E-state index in [1.807, 2.05) is 6.07 Å². The number of anilines is 1. The third kappa shape index (κ3) is 3.27. The zero-order chi connectivity index (χ0) is 17.1. The lowest BCUT2D eigenvalue weighted by Crippen LogP contribution is -2.13. The van der Waals surface area contributed by atoms with Crippen LogP contribution >= 0.6 is 0 Å². The molecule has 124 valence electrons. The lowest BCUT2D eigenvalue weighted by Gasteiger charge is -2.05. The smallest absolute Gasteiger partial charge is 0.338 e. The molecule has 0 bridgehead atoms. The van der Waals surface area contributed by atoms with Gasteiger partial charge in [0.05, 0.1) is 23.9 Å². The standard InChI is InChI=1S/C16H17N5O3/c1-2-24-15(23)10-3-4-13-11(7-10)9-18-21(13)6-5-12-8-14(22)20-16(17)19-12/h3-4,7-9H,2,5-6H2,1H3,(H3,17,19,20,22). The van der Waals surface area contributed by atoms with Gasteiger partial charge in [-0.2, -0.15) is 10.1 Å². The van der Waals surface area contributed by atoms with Gasteiger partial charge in [0.2, 0.25) is 5.95 Å². The van der Waals surface area contributed by atoms with E-state index in [1.165, 1.54) is 6.07 Å². The highest BCUT2D eigenvalue weighted by atomic mass is 16.5. The van der Waals surface area contributed by atoms with E-state index in [-0.39, 0.29) is 17.5 Å². The zero-order valence-corrected chi connectivity index (χ0v) is 13.2. The van der Waals surface area contributed by atoms with E-state index in [2.05, 4.69) is 15.1 Å². The summed E-state index contributed by atoms with van der Waals surface area (Å²) in [4.78, 5) is 29.6. The lowest BCUT2D eigenvalue weighted by atomic mass is 10.1. The minimum Gasteiger partial charge on any atom is -0.462 e.